The van der Waals surface area contributed by atoms with Crippen LogP contribution in [0, 0.1) is 17.8 Å². The molecule has 1 nitrogen and oxygen atoms in total. The van der Waals surface area contributed by atoms with Gasteiger partial charge in [-0.25, -0.2) is 0 Å². The smallest absolute Gasteiger partial charge is 0.0456 e. The summed E-state index contributed by atoms with van der Waals surface area (Å²) in [6.07, 6.45) is 28.6. The van der Waals surface area contributed by atoms with E-state index in [1.165, 1.54) is 128 Å². The summed E-state index contributed by atoms with van der Waals surface area (Å²) in [5, 5.41) is 9.18. The molecule has 0 rings (SSSR count). The molecule has 1 heteroatoms. The third-order valence-corrected chi connectivity index (χ3v) is 6.72. The highest BCUT2D eigenvalue weighted by Gasteiger charge is 2.11. The zero-order chi connectivity index (χ0) is 21.6. The number of aliphatic hydroxyl groups excluding tert-OH is 1. The molecule has 1 N–H and O–H groups in total. The maximum Gasteiger partial charge on any atom is 0.0456 e. The van der Waals surface area contributed by atoms with Gasteiger partial charge in [0.2, 0.25) is 0 Å². The second-order valence-corrected chi connectivity index (χ2v) is 10.4. The summed E-state index contributed by atoms with van der Waals surface area (Å²) >= 11 is 0. The first-order chi connectivity index (χ1) is 14.1. The molecule has 0 amide bonds. The second-order valence-electron chi connectivity index (χ2n) is 10.4. The minimum absolute atomic E-state index is 0.345. The molecule has 3 atom stereocenters. The number of hydrogen-bond donors (Lipinski definition) is 1. The molecular formula is C28H58O. The zero-order valence-corrected chi connectivity index (χ0v) is 21.0. The van der Waals surface area contributed by atoms with Gasteiger partial charge in [-0.3, -0.25) is 0 Å². The summed E-state index contributed by atoms with van der Waals surface area (Å²) in [5.41, 5.74) is 0. The lowest BCUT2D eigenvalue weighted by Crippen LogP contribution is -2.10. The lowest BCUT2D eigenvalue weighted by Gasteiger charge is -2.19. The van der Waals surface area contributed by atoms with Crippen LogP contribution in [0.1, 0.15) is 156 Å². The van der Waals surface area contributed by atoms with E-state index >= 15 is 0 Å². The average Bonchev–Trinajstić information content (AvgIpc) is 2.70. The minimum Gasteiger partial charge on any atom is -0.396 e. The summed E-state index contributed by atoms with van der Waals surface area (Å²) < 4.78 is 0. The van der Waals surface area contributed by atoms with Gasteiger partial charge in [0.25, 0.3) is 0 Å². The van der Waals surface area contributed by atoms with E-state index in [-0.39, 0.29) is 0 Å². The average molecular weight is 411 g/mol. The molecule has 3 unspecified atom stereocenters. The summed E-state index contributed by atoms with van der Waals surface area (Å²) in [5.74, 6) is 2.09. The van der Waals surface area contributed by atoms with Crippen molar-refractivity contribution < 1.29 is 5.11 Å². The quantitative estimate of drug-likeness (QED) is 0.166. The SMILES string of the molecule is CCCCCCCCCCCCCCCCCCCC(C)CC(C)CC(C)CO. The summed E-state index contributed by atoms with van der Waals surface area (Å²) in [6.45, 7) is 9.59. The predicted octanol–water partition coefficient (Wildman–Crippen LogP) is 9.71. The molecule has 0 aromatic heterocycles. The van der Waals surface area contributed by atoms with Crippen LogP contribution in [0.5, 0.6) is 0 Å². The van der Waals surface area contributed by atoms with Crippen molar-refractivity contribution in [1.29, 1.82) is 0 Å². The molecule has 0 heterocycles. The molecule has 0 saturated heterocycles. The second kappa shape index (κ2) is 22.6. The molecular weight excluding hydrogens is 352 g/mol. The Morgan fingerprint density at radius 2 is 0.793 bits per heavy atom. The summed E-state index contributed by atoms with van der Waals surface area (Å²) in [4.78, 5) is 0. The molecule has 0 saturated carbocycles. The Morgan fingerprint density at radius 1 is 0.448 bits per heavy atom. The first-order valence-corrected chi connectivity index (χ1v) is 13.7. The number of unbranched alkanes of at least 4 members (excludes halogenated alkanes) is 16. The van der Waals surface area contributed by atoms with Crippen molar-refractivity contribution in [1.82, 2.24) is 0 Å². The highest BCUT2D eigenvalue weighted by atomic mass is 16.3. The van der Waals surface area contributed by atoms with Gasteiger partial charge in [-0.05, 0) is 30.6 Å². The van der Waals surface area contributed by atoms with Gasteiger partial charge in [-0.1, -0.05) is 143 Å². The molecule has 29 heavy (non-hydrogen) atoms. The molecule has 0 aromatic rings. The number of hydrogen-bond acceptors (Lipinski definition) is 1. The van der Waals surface area contributed by atoms with E-state index in [0.717, 1.165) is 11.8 Å². The standard InChI is InChI=1S/C28H58O/c1-5-6-7-8-9-10-11-12-13-14-15-16-17-18-19-20-21-22-26(2)23-27(3)24-28(4)25-29/h26-29H,5-25H2,1-4H3. The first-order valence-electron chi connectivity index (χ1n) is 13.7. The van der Waals surface area contributed by atoms with Crippen molar-refractivity contribution in [3.8, 4) is 0 Å². The normalized spacial score (nSPS) is 14.8. The lowest BCUT2D eigenvalue weighted by molar-refractivity contribution is 0.206. The van der Waals surface area contributed by atoms with Gasteiger partial charge < -0.3 is 5.11 Å². The van der Waals surface area contributed by atoms with Crippen LogP contribution in [0.4, 0.5) is 0 Å². The van der Waals surface area contributed by atoms with Crippen molar-refractivity contribution >= 4 is 0 Å². The first kappa shape index (κ1) is 29.0. The Morgan fingerprint density at radius 3 is 1.17 bits per heavy atom. The van der Waals surface area contributed by atoms with E-state index in [4.69, 9.17) is 0 Å². The number of aliphatic hydroxyl groups is 1. The zero-order valence-electron chi connectivity index (χ0n) is 21.0. The topological polar surface area (TPSA) is 20.2 Å². The maximum absolute atomic E-state index is 9.18. The van der Waals surface area contributed by atoms with E-state index in [2.05, 4.69) is 27.7 Å². The number of rotatable bonds is 23. The van der Waals surface area contributed by atoms with Gasteiger partial charge in [0.1, 0.15) is 0 Å². The van der Waals surface area contributed by atoms with Crippen LogP contribution in [-0.2, 0) is 0 Å². The van der Waals surface area contributed by atoms with E-state index in [1.807, 2.05) is 0 Å². The Kier molecular flexibility index (Phi) is 22.6. The summed E-state index contributed by atoms with van der Waals surface area (Å²) in [7, 11) is 0. The van der Waals surface area contributed by atoms with Crippen LogP contribution in [0.2, 0.25) is 0 Å². The lowest BCUT2D eigenvalue weighted by atomic mass is 9.87. The maximum atomic E-state index is 9.18. The molecule has 0 bridgehead atoms. The fourth-order valence-corrected chi connectivity index (χ4v) is 4.88. The van der Waals surface area contributed by atoms with Gasteiger partial charge >= 0.3 is 0 Å². The fourth-order valence-electron chi connectivity index (χ4n) is 4.88. The van der Waals surface area contributed by atoms with E-state index in [1.54, 1.807) is 0 Å². The third kappa shape index (κ3) is 22.5. The fraction of sp³-hybridized carbons (Fsp3) is 1.00. The van der Waals surface area contributed by atoms with Crippen LogP contribution < -0.4 is 0 Å². The van der Waals surface area contributed by atoms with Gasteiger partial charge in [0.15, 0.2) is 0 Å². The minimum atomic E-state index is 0.345. The van der Waals surface area contributed by atoms with Crippen LogP contribution in [0.25, 0.3) is 0 Å². The molecule has 0 aliphatic heterocycles. The van der Waals surface area contributed by atoms with Gasteiger partial charge in [0, 0.05) is 6.61 Å². The van der Waals surface area contributed by atoms with Crippen molar-refractivity contribution in [2.45, 2.75) is 156 Å². The Labute approximate surface area is 185 Å². The highest BCUT2D eigenvalue weighted by Crippen LogP contribution is 2.23. The van der Waals surface area contributed by atoms with Gasteiger partial charge in [0.05, 0.1) is 0 Å². The molecule has 0 aliphatic rings. The van der Waals surface area contributed by atoms with Gasteiger partial charge in [-0.2, -0.15) is 0 Å². The molecule has 176 valence electrons. The van der Waals surface area contributed by atoms with Crippen molar-refractivity contribution in [3.63, 3.8) is 0 Å². The third-order valence-electron chi connectivity index (χ3n) is 6.72. The van der Waals surface area contributed by atoms with Crippen molar-refractivity contribution in [2.24, 2.45) is 17.8 Å². The van der Waals surface area contributed by atoms with E-state index < -0.39 is 0 Å². The highest BCUT2D eigenvalue weighted by molar-refractivity contribution is 4.63. The molecule has 0 spiro atoms. The Balaban J connectivity index is 3.21. The summed E-state index contributed by atoms with van der Waals surface area (Å²) in [6, 6.07) is 0. The molecule has 0 aromatic carbocycles. The molecule has 0 fully saturated rings. The monoisotopic (exact) mass is 410 g/mol. The van der Waals surface area contributed by atoms with Crippen molar-refractivity contribution in [2.75, 3.05) is 6.61 Å². The van der Waals surface area contributed by atoms with Crippen LogP contribution in [0.15, 0.2) is 0 Å². The van der Waals surface area contributed by atoms with Crippen LogP contribution in [-0.4, -0.2) is 11.7 Å². The molecule has 0 aliphatic carbocycles. The molecule has 0 radical (unpaired) electrons. The van der Waals surface area contributed by atoms with Crippen LogP contribution >= 0.6 is 0 Å². The van der Waals surface area contributed by atoms with E-state index in [9.17, 15) is 5.11 Å². The largest absolute Gasteiger partial charge is 0.396 e. The van der Waals surface area contributed by atoms with E-state index in [0.29, 0.717) is 12.5 Å². The van der Waals surface area contributed by atoms with Crippen LogP contribution in [0.3, 0.4) is 0 Å². The predicted molar refractivity (Wildman–Crippen MR) is 133 cm³/mol. The Bertz CT molecular complexity index is 301. The van der Waals surface area contributed by atoms with Crippen molar-refractivity contribution in [3.05, 3.63) is 0 Å². The van der Waals surface area contributed by atoms with Gasteiger partial charge in [-0.15, -0.1) is 0 Å². The Hall–Kier alpha value is -0.0400.